The number of nitrogens with zero attached hydrogens (tertiary/aromatic N) is 1. The van der Waals surface area contributed by atoms with Crippen molar-refractivity contribution in [3.05, 3.63) is 11.1 Å². The molecule has 3 amide bonds. The fourth-order valence-electron chi connectivity index (χ4n) is 2.38. The molecule has 0 radical (unpaired) electrons. The number of rotatable bonds is 5. The second kappa shape index (κ2) is 8.61. The highest BCUT2D eigenvalue weighted by Crippen LogP contribution is 2.28. The lowest BCUT2D eigenvalue weighted by atomic mass is 9.88. The summed E-state index contributed by atoms with van der Waals surface area (Å²) in [7, 11) is 0. The number of imide groups is 1. The van der Waals surface area contributed by atoms with Crippen molar-refractivity contribution in [3.63, 3.8) is 0 Å². The van der Waals surface area contributed by atoms with Crippen molar-refractivity contribution >= 4 is 18.7 Å². The van der Waals surface area contributed by atoms with Crippen LogP contribution >= 0.6 is 0 Å². The highest BCUT2D eigenvalue weighted by molar-refractivity contribution is 5.90. The van der Waals surface area contributed by atoms with Crippen molar-refractivity contribution < 1.29 is 9.59 Å². The van der Waals surface area contributed by atoms with E-state index in [9.17, 15) is 9.59 Å². The van der Waals surface area contributed by atoms with E-state index in [4.69, 9.17) is 0 Å². The summed E-state index contributed by atoms with van der Waals surface area (Å²) in [6.07, 6.45) is 11.2. The largest absolute Gasteiger partial charge is 0.347 e. The Kier molecular flexibility index (Phi) is 6.99. The van der Waals surface area contributed by atoms with Gasteiger partial charge in [0, 0.05) is 12.6 Å². The van der Waals surface area contributed by atoms with E-state index < -0.39 is 6.03 Å². The summed E-state index contributed by atoms with van der Waals surface area (Å²) in [6, 6.07) is -0.588. The smallest absolute Gasteiger partial charge is 0.279 e. The number of carbonyl (C=O) groups excluding carboxylic acids is 2. The number of aliphatic imine (C=N–C) groups is 1. The van der Waals surface area contributed by atoms with Crippen molar-refractivity contribution in [2.24, 2.45) is 4.99 Å². The van der Waals surface area contributed by atoms with Crippen LogP contribution in [-0.4, -0.2) is 18.7 Å². The molecule has 1 aliphatic carbocycles. The first-order valence-corrected chi connectivity index (χ1v) is 6.74. The van der Waals surface area contributed by atoms with Crippen LogP contribution in [0.15, 0.2) is 16.1 Å². The molecule has 1 rings (SSSR count). The second-order valence-electron chi connectivity index (χ2n) is 4.60. The summed E-state index contributed by atoms with van der Waals surface area (Å²) >= 11 is 0. The molecule has 4 nitrogen and oxygen atoms in total. The summed E-state index contributed by atoms with van der Waals surface area (Å²) < 4.78 is 0. The zero-order chi connectivity index (χ0) is 13.2. The van der Waals surface area contributed by atoms with Crippen LogP contribution < -0.4 is 5.32 Å². The van der Waals surface area contributed by atoms with E-state index in [1.165, 1.54) is 37.7 Å². The Morgan fingerprint density at radius 2 is 2.06 bits per heavy atom. The molecule has 4 heteroatoms. The molecule has 0 heterocycles. The zero-order valence-corrected chi connectivity index (χ0v) is 11.1. The lowest BCUT2D eigenvalue weighted by Gasteiger charge is -2.18. The van der Waals surface area contributed by atoms with E-state index in [0.717, 1.165) is 19.3 Å². The predicted molar refractivity (Wildman–Crippen MR) is 72.7 cm³/mol. The lowest BCUT2D eigenvalue weighted by molar-refractivity contribution is -0.108. The molecular weight excluding hydrogens is 228 g/mol. The normalized spacial score (nSPS) is 15.7. The van der Waals surface area contributed by atoms with Crippen LogP contribution in [0.3, 0.4) is 0 Å². The summed E-state index contributed by atoms with van der Waals surface area (Å²) in [5.41, 5.74) is 2.99. The minimum atomic E-state index is -0.588. The molecule has 0 saturated heterocycles. The molecule has 0 bridgehead atoms. The fraction of sp³-hybridized carbons (Fsp3) is 0.643. The molecule has 0 aromatic heterocycles. The lowest BCUT2D eigenvalue weighted by Crippen LogP contribution is -2.16. The van der Waals surface area contributed by atoms with Crippen LogP contribution in [-0.2, 0) is 4.79 Å². The fourth-order valence-corrected chi connectivity index (χ4v) is 2.38. The van der Waals surface area contributed by atoms with Gasteiger partial charge in [0.2, 0.25) is 6.41 Å². The second-order valence-corrected chi connectivity index (χ2v) is 4.60. The van der Waals surface area contributed by atoms with Gasteiger partial charge in [0.15, 0.2) is 0 Å². The van der Waals surface area contributed by atoms with Gasteiger partial charge in [0.25, 0.3) is 0 Å². The van der Waals surface area contributed by atoms with Gasteiger partial charge in [-0.3, -0.25) is 10.1 Å². The van der Waals surface area contributed by atoms with Crippen molar-refractivity contribution in [1.29, 1.82) is 0 Å². The zero-order valence-electron chi connectivity index (χ0n) is 11.1. The molecule has 1 saturated carbocycles. The molecule has 0 aliphatic heterocycles. The van der Waals surface area contributed by atoms with Gasteiger partial charge in [-0.15, -0.1) is 0 Å². The summed E-state index contributed by atoms with van der Waals surface area (Å²) in [5.74, 6) is 0. The number of hydrogen-bond donors (Lipinski definition) is 1. The van der Waals surface area contributed by atoms with E-state index in [-0.39, 0.29) is 0 Å². The van der Waals surface area contributed by atoms with Crippen molar-refractivity contribution in [1.82, 2.24) is 5.32 Å². The van der Waals surface area contributed by atoms with E-state index in [1.54, 1.807) is 11.8 Å². The Morgan fingerprint density at radius 3 is 2.67 bits per heavy atom. The minimum absolute atomic E-state index is 0.353. The third-order valence-electron chi connectivity index (χ3n) is 3.24. The van der Waals surface area contributed by atoms with Crippen LogP contribution in [0, 0.1) is 0 Å². The van der Waals surface area contributed by atoms with Crippen LogP contribution in [0.5, 0.6) is 0 Å². The SMILES string of the molecule is CCCC(C/C=N/C(=O)NC=O)=C1CCCCC1. The first kappa shape index (κ1) is 14.6. The number of allylic oxidation sites excluding steroid dienone is 2. The molecule has 1 fully saturated rings. The molecular formula is C14H22N2O2. The van der Waals surface area contributed by atoms with Gasteiger partial charge in [0.1, 0.15) is 0 Å². The number of hydrogen-bond acceptors (Lipinski definition) is 2. The average molecular weight is 250 g/mol. The van der Waals surface area contributed by atoms with Gasteiger partial charge in [0.05, 0.1) is 0 Å². The molecule has 100 valence electrons. The van der Waals surface area contributed by atoms with E-state index in [0.29, 0.717) is 6.41 Å². The average Bonchev–Trinajstić information content (AvgIpc) is 2.39. The molecule has 1 N–H and O–H groups in total. The molecule has 1 aliphatic rings. The standard InChI is InChI=1S/C14H22N2O2/c1-2-6-12(13-7-4-3-5-8-13)9-10-15-14(18)16-11-17/h10-11H,2-9H2,1H3,(H,16,17,18)/b15-10+. The van der Waals surface area contributed by atoms with Gasteiger partial charge in [-0.05, 0) is 32.1 Å². The maximum Gasteiger partial charge on any atom is 0.347 e. The third kappa shape index (κ3) is 5.25. The molecule has 0 spiro atoms. The number of urea groups is 1. The van der Waals surface area contributed by atoms with Crippen molar-refractivity contribution in [2.75, 3.05) is 0 Å². The molecule has 0 unspecified atom stereocenters. The monoisotopic (exact) mass is 250 g/mol. The van der Waals surface area contributed by atoms with Crippen molar-refractivity contribution in [2.45, 2.75) is 58.3 Å². The number of amides is 3. The topological polar surface area (TPSA) is 58.5 Å². The third-order valence-corrected chi connectivity index (χ3v) is 3.24. The van der Waals surface area contributed by atoms with Crippen molar-refractivity contribution in [3.8, 4) is 0 Å². The van der Waals surface area contributed by atoms with Gasteiger partial charge in [-0.1, -0.05) is 30.9 Å². The number of carbonyl (C=O) groups is 2. The predicted octanol–water partition coefficient (Wildman–Crippen LogP) is 3.37. The Hall–Kier alpha value is -1.45. The van der Waals surface area contributed by atoms with Crippen LogP contribution in [0.25, 0.3) is 0 Å². The summed E-state index contributed by atoms with van der Waals surface area (Å²) in [5, 5.41) is 2.00. The number of nitrogens with one attached hydrogen (secondary N) is 1. The highest BCUT2D eigenvalue weighted by Gasteiger charge is 2.10. The van der Waals surface area contributed by atoms with Crippen LogP contribution in [0.2, 0.25) is 0 Å². The Labute approximate surface area is 109 Å². The maximum absolute atomic E-state index is 11.0. The Bertz CT molecular complexity index is 338. The first-order valence-electron chi connectivity index (χ1n) is 6.74. The highest BCUT2D eigenvalue weighted by atomic mass is 16.2. The van der Waals surface area contributed by atoms with Gasteiger partial charge >= 0.3 is 6.03 Å². The maximum atomic E-state index is 11.0. The Balaban J connectivity index is 2.57. The van der Waals surface area contributed by atoms with Gasteiger partial charge in [-0.2, -0.15) is 0 Å². The quantitative estimate of drug-likeness (QED) is 0.462. The minimum Gasteiger partial charge on any atom is -0.279 e. The molecule has 0 atom stereocenters. The van der Waals surface area contributed by atoms with E-state index in [1.807, 2.05) is 5.32 Å². The van der Waals surface area contributed by atoms with Crippen LogP contribution in [0.1, 0.15) is 58.3 Å². The first-order chi connectivity index (χ1) is 8.77. The molecule has 0 aromatic rings. The summed E-state index contributed by atoms with van der Waals surface area (Å²) in [6.45, 7) is 2.17. The summed E-state index contributed by atoms with van der Waals surface area (Å²) in [4.78, 5) is 24.7. The Morgan fingerprint density at radius 1 is 1.33 bits per heavy atom. The van der Waals surface area contributed by atoms with Gasteiger partial charge < -0.3 is 0 Å². The molecule has 18 heavy (non-hydrogen) atoms. The van der Waals surface area contributed by atoms with E-state index >= 15 is 0 Å². The molecule has 0 aromatic carbocycles. The van der Waals surface area contributed by atoms with E-state index in [2.05, 4.69) is 11.9 Å². The van der Waals surface area contributed by atoms with Gasteiger partial charge in [-0.25, -0.2) is 9.79 Å². The van der Waals surface area contributed by atoms with Crippen LogP contribution in [0.4, 0.5) is 4.79 Å².